The fourth-order valence-electron chi connectivity index (χ4n) is 2.79. The minimum Gasteiger partial charge on any atom is -0.395 e. The third-order valence-corrected chi connectivity index (χ3v) is 5.99. The summed E-state index contributed by atoms with van der Waals surface area (Å²) in [6.45, 7) is 6.14. The Morgan fingerprint density at radius 3 is 2.48 bits per heavy atom. The van der Waals surface area contributed by atoms with E-state index in [0.717, 1.165) is 18.4 Å². The van der Waals surface area contributed by atoms with Crippen LogP contribution in [0, 0.1) is 0 Å². The van der Waals surface area contributed by atoms with Gasteiger partial charge in [-0.25, -0.2) is 8.42 Å². The van der Waals surface area contributed by atoms with E-state index in [1.54, 1.807) is 0 Å². The first kappa shape index (κ1) is 19.2. The van der Waals surface area contributed by atoms with Gasteiger partial charge in [0.2, 0.25) is 11.6 Å². The van der Waals surface area contributed by atoms with Crippen LogP contribution in [0.5, 0.6) is 0 Å². The highest BCUT2D eigenvalue weighted by Crippen LogP contribution is 2.29. The third kappa shape index (κ3) is 4.10. The lowest BCUT2D eigenvalue weighted by molar-refractivity contribution is -0.116. The Morgan fingerprint density at radius 2 is 1.84 bits per heavy atom. The molecule has 0 amide bonds. The first-order chi connectivity index (χ1) is 11.6. The van der Waals surface area contributed by atoms with Crippen LogP contribution in [0.15, 0.2) is 45.2 Å². The van der Waals surface area contributed by atoms with Gasteiger partial charge < -0.3 is 11.1 Å². The molecule has 2 aliphatic rings. The number of ketones is 2. The second kappa shape index (κ2) is 7.39. The molecule has 0 aromatic heterocycles. The van der Waals surface area contributed by atoms with Gasteiger partial charge in [0.05, 0.1) is 11.4 Å². The maximum atomic E-state index is 12.6. The van der Waals surface area contributed by atoms with Gasteiger partial charge in [-0.1, -0.05) is 23.3 Å². The van der Waals surface area contributed by atoms with Crippen molar-refractivity contribution in [3.8, 4) is 0 Å². The summed E-state index contributed by atoms with van der Waals surface area (Å²) < 4.78 is 24.2. The number of sulfone groups is 1. The van der Waals surface area contributed by atoms with Crippen LogP contribution < -0.4 is 11.1 Å². The van der Waals surface area contributed by atoms with E-state index in [2.05, 4.69) is 11.4 Å². The molecular weight excluding hydrogens is 340 g/mol. The van der Waals surface area contributed by atoms with Crippen molar-refractivity contribution in [2.75, 3.05) is 12.3 Å². The molecule has 0 unspecified atom stereocenters. The van der Waals surface area contributed by atoms with Crippen LogP contribution in [0.25, 0.3) is 0 Å². The zero-order chi connectivity index (χ0) is 18.8. The van der Waals surface area contributed by atoms with Gasteiger partial charge in [0.25, 0.3) is 0 Å². The fourth-order valence-corrected chi connectivity index (χ4v) is 4.23. The number of carbonyl (C=O) groups excluding carboxylic acids is 2. The largest absolute Gasteiger partial charge is 0.395 e. The second-order valence-corrected chi connectivity index (χ2v) is 8.62. The normalized spacial score (nSPS) is 20.4. The third-order valence-electron chi connectivity index (χ3n) is 4.23. The Hall–Kier alpha value is -2.15. The lowest BCUT2D eigenvalue weighted by atomic mass is 9.93. The number of rotatable bonds is 5. The second-order valence-electron chi connectivity index (χ2n) is 6.58. The molecule has 3 N–H and O–H groups in total. The molecule has 0 saturated carbocycles. The maximum absolute atomic E-state index is 12.6. The van der Waals surface area contributed by atoms with Crippen molar-refractivity contribution in [3.63, 3.8) is 0 Å². The molecule has 1 aliphatic heterocycles. The summed E-state index contributed by atoms with van der Waals surface area (Å²) in [5.74, 6) is -1.48. The molecule has 1 aliphatic carbocycles. The molecule has 2 rings (SSSR count). The van der Waals surface area contributed by atoms with Gasteiger partial charge in [-0.05, 0) is 40.0 Å². The summed E-state index contributed by atoms with van der Waals surface area (Å²) in [6.07, 6.45) is 5.97. The fraction of sp³-hybridized carbons (Fsp3) is 0.444. The van der Waals surface area contributed by atoms with E-state index in [0.29, 0.717) is 0 Å². The van der Waals surface area contributed by atoms with Gasteiger partial charge in [0, 0.05) is 12.1 Å². The van der Waals surface area contributed by atoms with E-state index in [1.807, 2.05) is 26.8 Å². The van der Waals surface area contributed by atoms with Crippen molar-refractivity contribution in [1.29, 1.82) is 0 Å². The summed E-state index contributed by atoms with van der Waals surface area (Å²) in [5.41, 5.74) is 7.92. The standard InChI is InChI=1S/C18H24N2O4S/c1-11(2)5-4-6-12(3)7-8-13-14(19)17(22)18-15(16(13)21)20-9-10-25(18,23)24/h5,7,20H,4,6,8-10,19H2,1-3H3. The molecule has 0 fully saturated rings. The number of hydrogen-bond donors (Lipinski definition) is 2. The molecule has 7 heteroatoms. The topological polar surface area (TPSA) is 106 Å². The number of nitrogens with two attached hydrogens (primary N) is 1. The predicted octanol–water partition coefficient (Wildman–Crippen LogP) is 1.66. The average Bonchev–Trinajstić information content (AvgIpc) is 2.51. The summed E-state index contributed by atoms with van der Waals surface area (Å²) in [7, 11) is -3.76. The minimum absolute atomic E-state index is 0.116. The van der Waals surface area contributed by atoms with Gasteiger partial charge in [0.1, 0.15) is 10.6 Å². The van der Waals surface area contributed by atoms with Crippen molar-refractivity contribution in [2.24, 2.45) is 5.73 Å². The van der Waals surface area contributed by atoms with Crippen LogP contribution in [0.1, 0.15) is 40.0 Å². The summed E-state index contributed by atoms with van der Waals surface area (Å²) in [4.78, 5) is 24.5. The van der Waals surface area contributed by atoms with Crippen LogP contribution >= 0.6 is 0 Å². The summed E-state index contributed by atoms with van der Waals surface area (Å²) >= 11 is 0. The van der Waals surface area contributed by atoms with E-state index in [1.165, 1.54) is 5.57 Å². The predicted molar refractivity (Wildman–Crippen MR) is 97.1 cm³/mol. The highest BCUT2D eigenvalue weighted by molar-refractivity contribution is 7.96. The monoisotopic (exact) mass is 364 g/mol. The van der Waals surface area contributed by atoms with Crippen molar-refractivity contribution in [3.05, 3.63) is 45.2 Å². The molecule has 0 saturated heterocycles. The number of Topliss-reactive ketones (excluding diaryl/α,β-unsaturated/α-hetero) is 2. The van der Waals surface area contributed by atoms with Crippen LogP contribution in [-0.2, 0) is 19.4 Å². The first-order valence-electron chi connectivity index (χ1n) is 8.23. The lowest BCUT2D eigenvalue weighted by Gasteiger charge is -2.25. The SMILES string of the molecule is CC(C)=CCCC(C)=CCC1=C(N)C(=O)C2=C(NCCS2(=O)=O)C1=O. The molecule has 0 spiro atoms. The maximum Gasteiger partial charge on any atom is 0.222 e. The van der Waals surface area contributed by atoms with E-state index >= 15 is 0 Å². The van der Waals surface area contributed by atoms with Crippen molar-refractivity contribution >= 4 is 21.4 Å². The molecule has 0 atom stereocenters. The molecule has 0 aromatic rings. The number of hydrogen-bond acceptors (Lipinski definition) is 6. The Bertz CT molecular complexity index is 838. The van der Waals surface area contributed by atoms with Crippen LogP contribution in [0.4, 0.5) is 0 Å². The van der Waals surface area contributed by atoms with Gasteiger partial charge in [0.15, 0.2) is 9.84 Å². The smallest absolute Gasteiger partial charge is 0.222 e. The lowest BCUT2D eigenvalue weighted by Crippen LogP contribution is -2.42. The van der Waals surface area contributed by atoms with Crippen molar-refractivity contribution in [1.82, 2.24) is 5.32 Å². The highest BCUT2D eigenvalue weighted by atomic mass is 32.2. The first-order valence-corrected chi connectivity index (χ1v) is 9.88. The molecular formula is C18H24N2O4S. The van der Waals surface area contributed by atoms with E-state index < -0.39 is 26.3 Å². The molecule has 0 aromatic carbocycles. The van der Waals surface area contributed by atoms with Crippen LogP contribution in [-0.4, -0.2) is 32.3 Å². The number of carbonyl (C=O) groups is 2. The van der Waals surface area contributed by atoms with Crippen LogP contribution in [0.2, 0.25) is 0 Å². The Labute approximate surface area is 148 Å². The molecule has 0 bridgehead atoms. The highest BCUT2D eigenvalue weighted by Gasteiger charge is 2.41. The molecule has 25 heavy (non-hydrogen) atoms. The summed E-state index contributed by atoms with van der Waals surface area (Å²) in [5, 5.41) is 2.75. The van der Waals surface area contributed by atoms with Gasteiger partial charge in [-0.3, -0.25) is 9.59 Å². The van der Waals surface area contributed by atoms with Crippen LogP contribution in [0.3, 0.4) is 0 Å². The zero-order valence-electron chi connectivity index (χ0n) is 14.8. The van der Waals surface area contributed by atoms with Gasteiger partial charge in [-0.2, -0.15) is 0 Å². The number of allylic oxidation sites excluding steroid dienone is 6. The molecule has 1 heterocycles. The zero-order valence-corrected chi connectivity index (χ0v) is 15.6. The van der Waals surface area contributed by atoms with Crippen molar-refractivity contribution < 1.29 is 18.0 Å². The van der Waals surface area contributed by atoms with E-state index in [-0.39, 0.29) is 35.7 Å². The average molecular weight is 364 g/mol. The van der Waals surface area contributed by atoms with E-state index in [4.69, 9.17) is 5.73 Å². The Kier molecular flexibility index (Phi) is 5.67. The minimum atomic E-state index is -3.76. The Balaban J connectivity index is 2.23. The van der Waals surface area contributed by atoms with E-state index in [9.17, 15) is 18.0 Å². The molecule has 0 radical (unpaired) electrons. The quantitative estimate of drug-likeness (QED) is 0.568. The van der Waals surface area contributed by atoms with Crippen molar-refractivity contribution in [2.45, 2.75) is 40.0 Å². The number of nitrogens with one attached hydrogen (secondary N) is 1. The van der Waals surface area contributed by atoms with Gasteiger partial charge in [-0.15, -0.1) is 0 Å². The van der Waals surface area contributed by atoms with Gasteiger partial charge >= 0.3 is 0 Å². The summed E-state index contributed by atoms with van der Waals surface area (Å²) in [6, 6.07) is 0. The molecule has 136 valence electrons. The molecule has 6 nitrogen and oxygen atoms in total. The Morgan fingerprint density at radius 1 is 1.16 bits per heavy atom.